The number of nitrogens with one attached hydrogen (secondary N) is 3. The van der Waals surface area contributed by atoms with Crippen molar-refractivity contribution in [2.75, 3.05) is 43.9 Å². The third-order valence-electron chi connectivity index (χ3n) is 11.9. The predicted octanol–water partition coefficient (Wildman–Crippen LogP) is 8.49. The Morgan fingerprint density at radius 2 is 1.02 bits per heavy atom. The SMILES string of the molecule is CC(C)c1cnnc(Nc2ccc3ncc(-c4cnn(C5CCN(C)CC5)c4)cc3n2)c1.CC(C)c1cnnc(Nc2ccc3ncc(-c4cnn(C5CCNCC5)c4)cc3n2)c1. The summed E-state index contributed by atoms with van der Waals surface area (Å²) in [6.07, 6.45) is 19.9. The van der Waals surface area contributed by atoms with Gasteiger partial charge in [-0.1, -0.05) is 27.7 Å². The van der Waals surface area contributed by atoms with Gasteiger partial charge in [-0.05, 0) is 130 Å². The molecule has 16 nitrogen and oxygen atoms in total. The molecule has 2 aliphatic rings. The van der Waals surface area contributed by atoms with Crippen molar-refractivity contribution in [3.05, 3.63) is 109 Å². The van der Waals surface area contributed by atoms with Crippen molar-refractivity contribution in [1.29, 1.82) is 0 Å². The van der Waals surface area contributed by atoms with E-state index in [1.165, 1.54) is 0 Å². The Kier molecular flexibility index (Phi) is 12.3. The van der Waals surface area contributed by atoms with Crippen LogP contribution in [0.3, 0.4) is 0 Å². The zero-order valence-corrected chi connectivity index (χ0v) is 36.5. The van der Waals surface area contributed by atoms with E-state index in [-0.39, 0.29) is 0 Å². The van der Waals surface area contributed by atoms with E-state index >= 15 is 0 Å². The quantitative estimate of drug-likeness (QED) is 0.119. The summed E-state index contributed by atoms with van der Waals surface area (Å²) < 4.78 is 4.20. The summed E-state index contributed by atoms with van der Waals surface area (Å²) in [7, 11) is 2.18. The highest BCUT2D eigenvalue weighted by Crippen LogP contribution is 2.29. The van der Waals surface area contributed by atoms with Gasteiger partial charge in [0.05, 0.1) is 58.9 Å². The molecule has 16 heteroatoms. The van der Waals surface area contributed by atoms with Crippen molar-refractivity contribution >= 4 is 45.3 Å². The van der Waals surface area contributed by atoms with E-state index in [0.717, 1.165) is 107 Å². The minimum absolute atomic E-state index is 0.387. The molecule has 8 aromatic heterocycles. The number of piperidine rings is 2. The van der Waals surface area contributed by atoms with Crippen LogP contribution >= 0.6 is 0 Å². The Morgan fingerprint density at radius 3 is 1.49 bits per heavy atom. The molecule has 63 heavy (non-hydrogen) atoms. The van der Waals surface area contributed by atoms with E-state index in [4.69, 9.17) is 9.97 Å². The van der Waals surface area contributed by atoms with Crippen molar-refractivity contribution in [2.24, 2.45) is 0 Å². The Labute approximate surface area is 367 Å². The molecule has 10 heterocycles. The first-order chi connectivity index (χ1) is 30.7. The molecular weight excluding hydrogens is 789 g/mol. The summed E-state index contributed by atoms with van der Waals surface area (Å²) in [4.78, 5) is 21.1. The van der Waals surface area contributed by atoms with Gasteiger partial charge in [-0.2, -0.15) is 20.4 Å². The number of anilines is 4. The van der Waals surface area contributed by atoms with Gasteiger partial charge in [0.1, 0.15) is 11.6 Å². The summed E-state index contributed by atoms with van der Waals surface area (Å²) in [6.45, 7) is 12.9. The molecule has 10 rings (SSSR count). The van der Waals surface area contributed by atoms with Crippen LogP contribution in [0.4, 0.5) is 23.3 Å². The van der Waals surface area contributed by atoms with E-state index < -0.39 is 0 Å². The van der Waals surface area contributed by atoms with E-state index in [2.05, 4.69) is 130 Å². The fourth-order valence-electron chi connectivity index (χ4n) is 7.95. The normalized spacial score (nSPS) is 15.2. The van der Waals surface area contributed by atoms with Gasteiger partial charge in [-0.3, -0.25) is 19.3 Å². The lowest BCUT2D eigenvalue weighted by molar-refractivity contribution is 0.212. The van der Waals surface area contributed by atoms with Crippen molar-refractivity contribution in [3.63, 3.8) is 0 Å². The van der Waals surface area contributed by atoms with Crippen LogP contribution in [0.2, 0.25) is 0 Å². The fourth-order valence-corrected chi connectivity index (χ4v) is 7.95. The number of hydrogen-bond acceptors (Lipinski definition) is 14. The number of pyridine rings is 4. The van der Waals surface area contributed by atoms with Crippen LogP contribution in [-0.4, -0.2) is 98.0 Å². The molecule has 8 aromatic rings. The molecule has 0 bridgehead atoms. The van der Waals surface area contributed by atoms with Gasteiger partial charge >= 0.3 is 0 Å². The van der Waals surface area contributed by atoms with E-state index in [1.807, 2.05) is 61.2 Å². The van der Waals surface area contributed by atoms with Gasteiger partial charge in [0.25, 0.3) is 0 Å². The summed E-state index contributed by atoms with van der Waals surface area (Å²) in [6, 6.07) is 16.8. The second-order valence-corrected chi connectivity index (χ2v) is 17.2. The van der Waals surface area contributed by atoms with Crippen LogP contribution < -0.4 is 16.0 Å². The topological polar surface area (TPSA) is 178 Å². The molecule has 0 spiro atoms. The average Bonchev–Trinajstić information content (AvgIpc) is 4.02. The van der Waals surface area contributed by atoms with Gasteiger partial charge in [-0.15, -0.1) is 10.2 Å². The summed E-state index contributed by atoms with van der Waals surface area (Å²) in [5.74, 6) is 3.58. The van der Waals surface area contributed by atoms with Gasteiger partial charge in [0.2, 0.25) is 0 Å². The van der Waals surface area contributed by atoms with Crippen LogP contribution in [0.15, 0.2) is 98.1 Å². The molecule has 2 fully saturated rings. The van der Waals surface area contributed by atoms with E-state index in [9.17, 15) is 0 Å². The summed E-state index contributed by atoms with van der Waals surface area (Å²) >= 11 is 0. The number of rotatable bonds is 10. The zero-order chi connectivity index (χ0) is 43.3. The van der Waals surface area contributed by atoms with Crippen LogP contribution in [-0.2, 0) is 0 Å². The van der Waals surface area contributed by atoms with Gasteiger partial charge in [0, 0.05) is 47.0 Å². The standard InChI is InChI=1S/C24H28N8.C23H26N8/c1-16(2)17-11-24(30-26-13-17)29-23-5-4-21-22(28-23)10-18(12-25-21)19-14-27-32(15-19)20-6-8-31(3)9-7-20;1-15(2)16-10-23(30-26-12-16)29-22-4-3-20-21(28-22)9-17(11-25-20)18-13-27-31(14-18)19-5-7-24-8-6-19/h4-5,10-16,20H,6-9H2,1-3H3,(H,28,29,30);3-4,9-15,19,24H,5-8H2,1-2H3,(H,28,29,30). The lowest BCUT2D eigenvalue weighted by atomic mass is 10.1. The highest BCUT2D eigenvalue weighted by molar-refractivity contribution is 5.83. The van der Waals surface area contributed by atoms with Crippen LogP contribution in [0.5, 0.6) is 0 Å². The first-order valence-corrected chi connectivity index (χ1v) is 21.9. The summed E-state index contributed by atoms with van der Waals surface area (Å²) in [5, 5.41) is 35.7. The highest BCUT2D eigenvalue weighted by atomic mass is 15.3. The molecule has 0 aromatic carbocycles. The van der Waals surface area contributed by atoms with Crippen LogP contribution in [0.1, 0.15) is 88.4 Å². The third kappa shape index (κ3) is 9.97. The van der Waals surface area contributed by atoms with Crippen molar-refractivity contribution in [1.82, 2.24) is 70.1 Å². The maximum atomic E-state index is 4.76. The van der Waals surface area contributed by atoms with Crippen molar-refractivity contribution in [2.45, 2.75) is 77.3 Å². The fraction of sp³-hybridized carbons (Fsp3) is 0.362. The van der Waals surface area contributed by atoms with E-state index in [1.54, 1.807) is 12.4 Å². The maximum absolute atomic E-state index is 4.76. The molecule has 0 aliphatic carbocycles. The Balaban J connectivity index is 0.000000160. The molecule has 0 radical (unpaired) electrons. The molecule has 2 aliphatic heterocycles. The smallest absolute Gasteiger partial charge is 0.154 e. The van der Waals surface area contributed by atoms with Gasteiger partial charge in [0.15, 0.2) is 11.6 Å². The number of fused-ring (bicyclic) bond motifs is 2. The zero-order valence-electron chi connectivity index (χ0n) is 36.5. The number of hydrogen-bond donors (Lipinski definition) is 3. The second-order valence-electron chi connectivity index (χ2n) is 17.2. The average molecular weight is 843 g/mol. The third-order valence-corrected chi connectivity index (χ3v) is 11.9. The molecule has 0 atom stereocenters. The van der Waals surface area contributed by atoms with E-state index in [0.29, 0.717) is 47.2 Å². The van der Waals surface area contributed by atoms with Crippen LogP contribution in [0.25, 0.3) is 44.3 Å². The lowest BCUT2D eigenvalue weighted by Gasteiger charge is -2.28. The molecule has 322 valence electrons. The number of nitrogens with zero attached hydrogens (tertiary/aromatic N) is 13. The van der Waals surface area contributed by atoms with Crippen LogP contribution in [0, 0.1) is 0 Å². The Morgan fingerprint density at radius 1 is 0.540 bits per heavy atom. The number of aromatic nitrogens is 12. The first-order valence-electron chi connectivity index (χ1n) is 21.9. The largest absolute Gasteiger partial charge is 0.323 e. The van der Waals surface area contributed by atoms with Crippen molar-refractivity contribution in [3.8, 4) is 22.3 Å². The number of likely N-dealkylation sites (tertiary alicyclic amines) is 1. The monoisotopic (exact) mass is 842 g/mol. The molecule has 0 amide bonds. The minimum atomic E-state index is 0.387. The Hall–Kier alpha value is -6.78. The highest BCUT2D eigenvalue weighted by Gasteiger charge is 2.20. The minimum Gasteiger partial charge on any atom is -0.323 e. The lowest BCUT2D eigenvalue weighted by Crippen LogP contribution is -2.31. The second kappa shape index (κ2) is 18.7. The van der Waals surface area contributed by atoms with Crippen molar-refractivity contribution < 1.29 is 0 Å². The molecular formula is C47H54N16. The first kappa shape index (κ1) is 41.6. The summed E-state index contributed by atoms with van der Waals surface area (Å²) in [5.41, 5.74) is 9.77. The molecule has 2 saturated heterocycles. The molecule has 3 N–H and O–H groups in total. The molecule has 0 saturated carbocycles. The molecule has 0 unspecified atom stereocenters. The van der Waals surface area contributed by atoms with Gasteiger partial charge in [-0.25, -0.2) is 9.97 Å². The maximum Gasteiger partial charge on any atom is 0.154 e. The van der Waals surface area contributed by atoms with Gasteiger partial charge < -0.3 is 20.9 Å². The Bertz CT molecular complexity index is 2800. The predicted molar refractivity (Wildman–Crippen MR) is 247 cm³/mol.